The molecular formula is C32H50NO8PS. The second-order valence-electron chi connectivity index (χ2n) is 10.7. The zero-order valence-electron chi connectivity index (χ0n) is 25.9. The third-order valence-corrected chi connectivity index (χ3v) is 8.78. The van der Waals surface area contributed by atoms with Gasteiger partial charge in [-0.1, -0.05) is 89.7 Å². The molecule has 0 spiro atoms. The Morgan fingerprint density at radius 2 is 1.42 bits per heavy atom. The number of benzene rings is 2. The highest BCUT2D eigenvalue weighted by Gasteiger charge is 2.29. The highest BCUT2D eigenvalue weighted by atomic mass is 32.2. The van der Waals surface area contributed by atoms with Gasteiger partial charge in [0.1, 0.15) is 17.5 Å². The first kappa shape index (κ1) is 36.8. The first-order valence-electron chi connectivity index (χ1n) is 15.3. The molecule has 0 aliphatic rings. The van der Waals surface area contributed by atoms with Crippen LogP contribution >= 0.6 is 19.6 Å². The number of thioether (sulfide) groups is 1. The van der Waals surface area contributed by atoms with Gasteiger partial charge < -0.3 is 29.4 Å². The van der Waals surface area contributed by atoms with Crippen LogP contribution in [0.5, 0.6) is 23.0 Å². The SMILES string of the molecule is CCCCCCCCCCCCCCOc1ccc(OC)cc1OP(=O)(O)Oc1ccc(C(CSC)C(N)C(=O)O)cc1. The van der Waals surface area contributed by atoms with Gasteiger partial charge in [-0.15, -0.1) is 0 Å². The molecule has 0 saturated heterocycles. The molecule has 0 amide bonds. The van der Waals surface area contributed by atoms with Crippen molar-refractivity contribution in [3.8, 4) is 23.0 Å². The Balaban J connectivity index is 1.86. The van der Waals surface area contributed by atoms with Crippen LogP contribution in [-0.4, -0.2) is 47.7 Å². The number of carboxylic acid groups (broad SMARTS) is 1. The predicted molar refractivity (Wildman–Crippen MR) is 174 cm³/mol. The van der Waals surface area contributed by atoms with Gasteiger partial charge in [0.25, 0.3) is 0 Å². The number of hydrogen-bond donors (Lipinski definition) is 3. The van der Waals surface area contributed by atoms with Crippen LogP contribution in [0.3, 0.4) is 0 Å². The number of unbranched alkanes of at least 4 members (excludes halogenated alkanes) is 11. The maximum Gasteiger partial charge on any atom is 0.585 e. The Hall–Kier alpha value is -2.39. The molecular weight excluding hydrogens is 589 g/mol. The summed E-state index contributed by atoms with van der Waals surface area (Å²) in [6.45, 7) is 2.70. The summed E-state index contributed by atoms with van der Waals surface area (Å²) in [4.78, 5) is 21.9. The fourth-order valence-electron chi connectivity index (χ4n) is 4.74. The fraction of sp³-hybridized carbons (Fsp3) is 0.594. The van der Waals surface area contributed by atoms with Crippen molar-refractivity contribution in [2.75, 3.05) is 25.7 Å². The molecule has 0 fully saturated rings. The zero-order valence-corrected chi connectivity index (χ0v) is 27.6. The first-order valence-corrected chi connectivity index (χ1v) is 18.2. The topological polar surface area (TPSA) is 138 Å². The average molecular weight is 640 g/mol. The highest BCUT2D eigenvalue weighted by molar-refractivity contribution is 7.98. The van der Waals surface area contributed by atoms with E-state index in [1.54, 1.807) is 24.3 Å². The van der Waals surface area contributed by atoms with Gasteiger partial charge in [0.05, 0.1) is 13.7 Å². The van der Waals surface area contributed by atoms with Crippen molar-refractivity contribution in [3.05, 3.63) is 48.0 Å². The highest BCUT2D eigenvalue weighted by Crippen LogP contribution is 2.48. The second-order valence-corrected chi connectivity index (χ2v) is 12.9. The number of phosphoric acid groups is 1. The molecule has 0 heterocycles. The maximum absolute atomic E-state index is 12.9. The van der Waals surface area contributed by atoms with Crippen molar-refractivity contribution in [1.82, 2.24) is 0 Å². The normalized spacial score (nSPS) is 14.0. The number of ether oxygens (including phenoxy) is 2. The molecule has 11 heteroatoms. The van der Waals surface area contributed by atoms with Gasteiger partial charge in [-0.25, -0.2) is 4.57 Å². The largest absolute Gasteiger partial charge is 0.585 e. The molecule has 0 aliphatic heterocycles. The van der Waals surface area contributed by atoms with Crippen LogP contribution in [0.25, 0.3) is 0 Å². The lowest BCUT2D eigenvalue weighted by Gasteiger charge is -2.21. The lowest BCUT2D eigenvalue weighted by molar-refractivity contribution is -0.138. The predicted octanol–water partition coefficient (Wildman–Crippen LogP) is 8.19. The van der Waals surface area contributed by atoms with E-state index in [4.69, 9.17) is 24.3 Å². The van der Waals surface area contributed by atoms with E-state index in [1.165, 1.54) is 94.9 Å². The van der Waals surface area contributed by atoms with Crippen LogP contribution in [0.4, 0.5) is 0 Å². The molecule has 43 heavy (non-hydrogen) atoms. The van der Waals surface area contributed by atoms with Gasteiger partial charge in [-0.3, -0.25) is 9.69 Å². The van der Waals surface area contributed by atoms with Crippen molar-refractivity contribution >= 4 is 25.6 Å². The van der Waals surface area contributed by atoms with E-state index >= 15 is 0 Å². The van der Waals surface area contributed by atoms with Crippen LogP contribution in [-0.2, 0) is 9.36 Å². The molecule has 2 aromatic rings. The average Bonchev–Trinajstić information content (AvgIpc) is 2.98. The molecule has 242 valence electrons. The summed E-state index contributed by atoms with van der Waals surface area (Å²) >= 11 is 1.48. The molecule has 0 aliphatic carbocycles. The number of hydrogen-bond acceptors (Lipinski definition) is 8. The Morgan fingerprint density at radius 3 is 1.95 bits per heavy atom. The fourth-order valence-corrected chi connectivity index (χ4v) is 6.32. The second kappa shape index (κ2) is 20.5. The van der Waals surface area contributed by atoms with Crippen LogP contribution in [0.15, 0.2) is 42.5 Å². The van der Waals surface area contributed by atoms with Crippen molar-refractivity contribution in [1.29, 1.82) is 0 Å². The van der Waals surface area contributed by atoms with Crippen LogP contribution < -0.4 is 24.3 Å². The molecule has 0 bridgehead atoms. The van der Waals surface area contributed by atoms with E-state index in [1.807, 2.05) is 6.26 Å². The van der Waals surface area contributed by atoms with E-state index in [0.29, 0.717) is 29.4 Å². The number of carboxylic acids is 1. The van der Waals surface area contributed by atoms with Gasteiger partial charge >= 0.3 is 13.8 Å². The summed E-state index contributed by atoms with van der Waals surface area (Å²) in [7, 11) is -3.12. The lowest BCUT2D eigenvalue weighted by Crippen LogP contribution is -2.37. The number of methoxy groups -OCH3 is 1. The quantitative estimate of drug-likeness (QED) is 0.0761. The van der Waals surface area contributed by atoms with Gasteiger partial charge in [-0.05, 0) is 42.5 Å². The third-order valence-electron chi connectivity index (χ3n) is 7.21. The number of carbonyl (C=O) groups is 1. The summed E-state index contributed by atoms with van der Waals surface area (Å²) < 4.78 is 34.8. The van der Waals surface area contributed by atoms with Crippen molar-refractivity contribution < 1.29 is 37.9 Å². The third kappa shape index (κ3) is 14.3. The summed E-state index contributed by atoms with van der Waals surface area (Å²) in [5.74, 6) is -0.140. The molecule has 0 radical (unpaired) electrons. The van der Waals surface area contributed by atoms with Gasteiger partial charge in [0.2, 0.25) is 0 Å². The van der Waals surface area contributed by atoms with Crippen molar-refractivity contribution in [2.24, 2.45) is 5.73 Å². The van der Waals surface area contributed by atoms with E-state index in [9.17, 15) is 19.4 Å². The summed E-state index contributed by atoms with van der Waals surface area (Å²) in [6, 6.07) is 9.97. The Kier molecular flexibility index (Phi) is 17.6. The minimum absolute atomic E-state index is 0.0354. The number of aliphatic carboxylic acids is 1. The number of nitrogens with two attached hydrogens (primary N) is 1. The first-order chi connectivity index (χ1) is 20.7. The van der Waals surface area contributed by atoms with Crippen molar-refractivity contribution in [3.63, 3.8) is 0 Å². The van der Waals surface area contributed by atoms with Crippen molar-refractivity contribution in [2.45, 2.75) is 95.9 Å². The van der Waals surface area contributed by atoms with Crippen LogP contribution in [0.2, 0.25) is 0 Å². The molecule has 2 rings (SSSR count). The Labute approximate surface area is 261 Å². The van der Waals surface area contributed by atoms with Gasteiger partial charge in [0, 0.05) is 17.7 Å². The molecule has 3 unspecified atom stereocenters. The lowest BCUT2D eigenvalue weighted by atomic mass is 9.94. The Morgan fingerprint density at radius 1 is 0.860 bits per heavy atom. The molecule has 0 aromatic heterocycles. The minimum atomic E-state index is -4.61. The minimum Gasteiger partial charge on any atom is -0.497 e. The van der Waals surface area contributed by atoms with Gasteiger partial charge in [0.15, 0.2) is 11.5 Å². The standard InChI is InChI=1S/C32H50NO8PS/c1-4-5-6-7-8-9-10-11-12-13-14-15-22-39-29-21-20-27(38-2)23-30(29)41-42(36,37)40-26-18-16-25(17-19-26)28(24-43-3)31(33)32(34)35/h16-21,23,28,31H,4-15,22,24,33H2,1-3H3,(H,34,35)(H,36,37). The van der Waals surface area contributed by atoms with E-state index < -0.39 is 25.8 Å². The molecule has 3 atom stereocenters. The molecule has 2 aromatic carbocycles. The Bertz CT molecular complexity index is 1120. The number of phosphoric ester groups is 1. The summed E-state index contributed by atoms with van der Waals surface area (Å²) in [6.07, 6.45) is 16.8. The van der Waals surface area contributed by atoms with E-state index in [2.05, 4.69) is 6.92 Å². The monoisotopic (exact) mass is 639 g/mol. The molecule has 4 N–H and O–H groups in total. The molecule has 9 nitrogen and oxygen atoms in total. The smallest absolute Gasteiger partial charge is 0.497 e. The maximum atomic E-state index is 12.9. The van der Waals surface area contributed by atoms with Crippen LogP contribution in [0.1, 0.15) is 95.5 Å². The zero-order chi connectivity index (χ0) is 31.5. The van der Waals surface area contributed by atoms with E-state index in [0.717, 1.165) is 19.3 Å². The summed E-state index contributed by atoms with van der Waals surface area (Å²) in [5, 5.41) is 9.34. The van der Waals surface area contributed by atoms with Gasteiger partial charge in [-0.2, -0.15) is 11.8 Å². The summed E-state index contributed by atoms with van der Waals surface area (Å²) in [5.41, 5.74) is 6.55. The van der Waals surface area contributed by atoms with E-state index in [-0.39, 0.29) is 11.5 Å². The molecule has 0 saturated carbocycles. The number of rotatable bonds is 24. The van der Waals surface area contributed by atoms with Crippen LogP contribution in [0, 0.1) is 0 Å².